The number of hydrogen-bond acceptors (Lipinski definition) is 6. The van der Waals surface area contributed by atoms with Crippen molar-refractivity contribution in [3.63, 3.8) is 0 Å². The van der Waals surface area contributed by atoms with Gasteiger partial charge < -0.3 is 9.09 Å². The largest absolute Gasteiger partial charge is 0.334 e. The van der Waals surface area contributed by atoms with E-state index in [-0.39, 0.29) is 17.6 Å². The summed E-state index contributed by atoms with van der Waals surface area (Å²) in [6.45, 7) is 0.108. The van der Waals surface area contributed by atoms with Gasteiger partial charge in [0.2, 0.25) is 15.0 Å². The van der Waals surface area contributed by atoms with Crippen LogP contribution in [0.1, 0.15) is 5.82 Å². The second-order valence-corrected chi connectivity index (χ2v) is 8.05. The van der Waals surface area contributed by atoms with Crippen LogP contribution in [0.4, 0.5) is 0 Å². The topological polar surface area (TPSA) is 90.9 Å². The van der Waals surface area contributed by atoms with E-state index in [0.717, 1.165) is 6.26 Å². The van der Waals surface area contributed by atoms with Gasteiger partial charge in [-0.05, 0) is 24.3 Å². The summed E-state index contributed by atoms with van der Waals surface area (Å²) >= 11 is 6.15. The third-order valence-corrected chi connectivity index (χ3v) is 5.13. The van der Waals surface area contributed by atoms with Gasteiger partial charge in [0.25, 0.3) is 5.89 Å². The molecule has 0 aliphatic rings. The smallest absolute Gasteiger partial charge is 0.259 e. The Kier molecular flexibility index (Phi) is 4.01. The number of halogens is 1. The predicted molar refractivity (Wildman–Crippen MR) is 96.7 cm³/mol. The molecule has 0 aliphatic carbocycles. The summed E-state index contributed by atoms with van der Waals surface area (Å²) in [7, 11) is -3.52. The first-order valence-electron chi connectivity index (χ1n) is 7.66. The van der Waals surface area contributed by atoms with Crippen molar-refractivity contribution in [1.29, 1.82) is 0 Å². The van der Waals surface area contributed by atoms with Crippen molar-refractivity contribution in [2.75, 3.05) is 6.26 Å². The van der Waals surface area contributed by atoms with Gasteiger partial charge in [-0.25, -0.2) is 13.4 Å². The van der Waals surface area contributed by atoms with Gasteiger partial charge in [0.15, 0.2) is 5.82 Å². The summed E-state index contributed by atoms with van der Waals surface area (Å²) in [6.07, 6.45) is 1.12. The molecule has 7 nitrogen and oxygen atoms in total. The number of hydrogen-bond donors (Lipinski definition) is 0. The zero-order valence-corrected chi connectivity index (χ0v) is 15.2. The molecular formula is C17H13ClN4O3S. The first-order valence-corrected chi connectivity index (χ1v) is 9.93. The van der Waals surface area contributed by atoms with Crippen LogP contribution in [0.5, 0.6) is 0 Å². The first-order chi connectivity index (χ1) is 12.4. The molecule has 0 spiro atoms. The van der Waals surface area contributed by atoms with Crippen molar-refractivity contribution in [1.82, 2.24) is 19.7 Å². The highest BCUT2D eigenvalue weighted by Gasteiger charge is 2.21. The Morgan fingerprint density at radius 3 is 2.58 bits per heavy atom. The number of fused-ring (bicyclic) bond motifs is 1. The molecule has 2 heterocycles. The van der Waals surface area contributed by atoms with Gasteiger partial charge in [-0.3, -0.25) is 0 Å². The highest BCUT2D eigenvalue weighted by Crippen LogP contribution is 2.26. The summed E-state index contributed by atoms with van der Waals surface area (Å²) in [4.78, 5) is 8.57. The average Bonchev–Trinajstić information content (AvgIpc) is 3.21. The number of rotatable bonds is 4. The van der Waals surface area contributed by atoms with Crippen molar-refractivity contribution in [2.24, 2.45) is 0 Å². The lowest BCUT2D eigenvalue weighted by Crippen LogP contribution is -2.11. The van der Waals surface area contributed by atoms with Crippen molar-refractivity contribution in [3.05, 3.63) is 59.4 Å². The van der Waals surface area contributed by atoms with Crippen LogP contribution < -0.4 is 0 Å². The maximum absolute atomic E-state index is 12.1. The van der Waals surface area contributed by atoms with Gasteiger partial charge in [0.05, 0.1) is 28.2 Å². The molecule has 26 heavy (non-hydrogen) atoms. The Hall–Kier alpha value is -2.71. The second kappa shape index (κ2) is 6.22. The minimum absolute atomic E-state index is 0.0391. The quantitative estimate of drug-likeness (QED) is 0.533. The fraction of sp³-hybridized carbons (Fsp3) is 0.118. The lowest BCUT2D eigenvalue weighted by molar-refractivity contribution is 0.419. The van der Waals surface area contributed by atoms with Gasteiger partial charge in [0, 0.05) is 6.26 Å². The molecule has 132 valence electrons. The second-order valence-electron chi connectivity index (χ2n) is 5.74. The number of imidazole rings is 1. The molecule has 2 aromatic carbocycles. The molecule has 0 bridgehead atoms. The van der Waals surface area contributed by atoms with E-state index < -0.39 is 9.84 Å². The molecule has 0 amide bonds. The van der Waals surface area contributed by atoms with E-state index in [1.807, 2.05) is 12.1 Å². The van der Waals surface area contributed by atoms with E-state index in [9.17, 15) is 8.42 Å². The molecule has 0 unspecified atom stereocenters. The van der Waals surface area contributed by atoms with Crippen molar-refractivity contribution in [2.45, 2.75) is 11.7 Å². The van der Waals surface area contributed by atoms with Crippen LogP contribution in [0.15, 0.2) is 58.2 Å². The molecule has 0 radical (unpaired) electrons. The zero-order valence-electron chi connectivity index (χ0n) is 13.6. The fourth-order valence-electron chi connectivity index (χ4n) is 2.69. The number of para-hydroxylation sites is 2. The minimum Gasteiger partial charge on any atom is -0.334 e. The van der Waals surface area contributed by atoms with Crippen LogP contribution in [-0.2, 0) is 16.4 Å². The summed E-state index contributed by atoms with van der Waals surface area (Å²) in [5.41, 5.74) is 1.88. The van der Waals surface area contributed by atoms with Gasteiger partial charge in [0.1, 0.15) is 0 Å². The van der Waals surface area contributed by atoms with Gasteiger partial charge in [-0.1, -0.05) is 41.0 Å². The third kappa shape index (κ3) is 2.97. The number of sulfone groups is 1. The van der Waals surface area contributed by atoms with E-state index >= 15 is 0 Å². The Labute approximate surface area is 154 Å². The van der Waals surface area contributed by atoms with Gasteiger partial charge >= 0.3 is 0 Å². The highest BCUT2D eigenvalue weighted by atomic mass is 35.5. The van der Waals surface area contributed by atoms with Crippen LogP contribution >= 0.6 is 11.6 Å². The summed E-state index contributed by atoms with van der Waals surface area (Å²) in [5.74, 6) is 0.601. The zero-order chi connectivity index (χ0) is 18.3. The van der Waals surface area contributed by atoms with E-state index in [2.05, 4.69) is 15.1 Å². The minimum atomic E-state index is -3.52. The average molecular weight is 389 g/mol. The van der Waals surface area contributed by atoms with Crippen LogP contribution in [0.25, 0.3) is 22.5 Å². The van der Waals surface area contributed by atoms with E-state index in [1.165, 1.54) is 0 Å². The molecule has 0 atom stereocenters. The monoisotopic (exact) mass is 388 g/mol. The number of benzene rings is 2. The SMILES string of the molecule is CS(=O)(=O)c1nc2ccccc2n1Cc1noc(-c2ccccc2Cl)n1. The lowest BCUT2D eigenvalue weighted by Gasteiger charge is -2.04. The van der Waals surface area contributed by atoms with Crippen LogP contribution in [0.3, 0.4) is 0 Å². The normalized spacial score (nSPS) is 11.9. The summed E-state index contributed by atoms with van der Waals surface area (Å²) in [5, 5.41) is 4.40. The van der Waals surface area contributed by atoms with Crippen LogP contribution in [-0.4, -0.2) is 34.4 Å². The molecule has 4 rings (SSSR count). The molecule has 0 saturated heterocycles. The summed E-state index contributed by atoms with van der Waals surface area (Å²) < 4.78 is 31.1. The molecule has 0 aliphatic heterocycles. The summed E-state index contributed by atoms with van der Waals surface area (Å²) in [6, 6.07) is 14.3. The standard InChI is InChI=1S/C17H13ClN4O3S/c1-26(23,24)17-19-13-8-4-5-9-14(13)22(17)10-15-20-16(25-21-15)11-6-2-3-7-12(11)18/h2-9H,10H2,1H3. The highest BCUT2D eigenvalue weighted by molar-refractivity contribution is 7.90. The van der Waals surface area contributed by atoms with E-state index in [1.54, 1.807) is 41.0 Å². The Morgan fingerprint density at radius 1 is 1.08 bits per heavy atom. The predicted octanol–water partition coefficient (Wildman–Crippen LogP) is 3.19. The lowest BCUT2D eigenvalue weighted by atomic mass is 10.2. The van der Waals surface area contributed by atoms with Crippen molar-refractivity contribution >= 4 is 32.5 Å². The molecule has 2 aromatic heterocycles. The van der Waals surface area contributed by atoms with Crippen LogP contribution in [0, 0.1) is 0 Å². The molecular weight excluding hydrogens is 376 g/mol. The number of nitrogens with zero attached hydrogens (tertiary/aromatic N) is 4. The fourth-order valence-corrected chi connectivity index (χ4v) is 3.74. The maximum Gasteiger partial charge on any atom is 0.259 e. The maximum atomic E-state index is 12.1. The molecule has 0 fully saturated rings. The third-order valence-electron chi connectivity index (χ3n) is 3.82. The van der Waals surface area contributed by atoms with E-state index in [4.69, 9.17) is 16.1 Å². The Balaban J connectivity index is 1.78. The number of aromatic nitrogens is 4. The van der Waals surface area contributed by atoms with Crippen molar-refractivity contribution in [3.8, 4) is 11.5 Å². The van der Waals surface area contributed by atoms with Crippen molar-refractivity contribution < 1.29 is 12.9 Å². The van der Waals surface area contributed by atoms with E-state index in [0.29, 0.717) is 27.4 Å². The van der Waals surface area contributed by atoms with Gasteiger partial charge in [-0.15, -0.1) is 0 Å². The van der Waals surface area contributed by atoms with Gasteiger partial charge in [-0.2, -0.15) is 4.98 Å². The first kappa shape index (κ1) is 16.7. The Bertz CT molecular complexity index is 1210. The molecule has 4 aromatic rings. The molecule has 0 N–H and O–H groups in total. The Morgan fingerprint density at radius 2 is 1.81 bits per heavy atom. The molecule has 9 heteroatoms. The van der Waals surface area contributed by atoms with Crippen LogP contribution in [0.2, 0.25) is 5.02 Å². The molecule has 0 saturated carbocycles.